The van der Waals surface area contributed by atoms with Crippen LogP contribution >= 0.6 is 11.6 Å². The van der Waals surface area contributed by atoms with Gasteiger partial charge >= 0.3 is 0 Å². The number of nitriles is 1. The minimum atomic E-state index is 0.0106. The van der Waals surface area contributed by atoms with Crippen LogP contribution in [0.15, 0.2) is 24.3 Å². The molecule has 0 saturated carbocycles. The first-order valence-corrected chi connectivity index (χ1v) is 5.09. The van der Waals surface area contributed by atoms with Gasteiger partial charge in [-0.3, -0.25) is 0 Å². The maximum Gasteiger partial charge on any atom is 0.222 e. The van der Waals surface area contributed by atoms with Gasteiger partial charge in [0.1, 0.15) is 17.5 Å². The fourth-order valence-electron chi connectivity index (χ4n) is 1.45. The SMILES string of the molecule is N#Cc1c(N)nc(N)nc1-c1ccccc1Cl. The summed E-state index contributed by atoms with van der Waals surface area (Å²) in [5.74, 6) is 0.0614. The Morgan fingerprint density at radius 2 is 1.88 bits per heavy atom. The lowest BCUT2D eigenvalue weighted by atomic mass is 10.1. The van der Waals surface area contributed by atoms with Crippen LogP contribution in [0.25, 0.3) is 11.3 Å². The van der Waals surface area contributed by atoms with Crippen molar-refractivity contribution in [3.63, 3.8) is 0 Å². The summed E-state index contributed by atoms with van der Waals surface area (Å²) in [6, 6.07) is 8.97. The number of hydrogen-bond donors (Lipinski definition) is 2. The van der Waals surface area contributed by atoms with Crippen LogP contribution < -0.4 is 11.5 Å². The van der Waals surface area contributed by atoms with Crippen LogP contribution in [0.1, 0.15) is 5.56 Å². The van der Waals surface area contributed by atoms with Crippen molar-refractivity contribution in [2.24, 2.45) is 0 Å². The fourth-order valence-corrected chi connectivity index (χ4v) is 1.68. The van der Waals surface area contributed by atoms with Gasteiger partial charge in [-0.15, -0.1) is 0 Å². The molecule has 0 fully saturated rings. The van der Waals surface area contributed by atoms with Crippen LogP contribution in [0.4, 0.5) is 11.8 Å². The minimum Gasteiger partial charge on any atom is -0.382 e. The van der Waals surface area contributed by atoms with E-state index >= 15 is 0 Å². The number of benzene rings is 1. The number of nitrogens with two attached hydrogens (primary N) is 2. The Morgan fingerprint density at radius 3 is 2.53 bits per heavy atom. The Balaban J connectivity index is 2.76. The van der Waals surface area contributed by atoms with E-state index in [1.165, 1.54) is 0 Å². The van der Waals surface area contributed by atoms with Crippen molar-refractivity contribution < 1.29 is 0 Å². The van der Waals surface area contributed by atoms with E-state index in [2.05, 4.69) is 9.97 Å². The molecule has 0 aliphatic rings. The highest BCUT2D eigenvalue weighted by atomic mass is 35.5. The number of hydrogen-bond acceptors (Lipinski definition) is 5. The molecule has 0 radical (unpaired) electrons. The molecule has 0 amide bonds. The average Bonchev–Trinajstić information content (AvgIpc) is 2.28. The Hall–Kier alpha value is -2.32. The van der Waals surface area contributed by atoms with Gasteiger partial charge in [0.05, 0.1) is 10.7 Å². The summed E-state index contributed by atoms with van der Waals surface area (Å²) in [6.07, 6.45) is 0. The Kier molecular flexibility index (Phi) is 2.81. The number of nitrogens with zero attached hydrogens (tertiary/aromatic N) is 3. The van der Waals surface area contributed by atoms with Crippen LogP contribution in [0.3, 0.4) is 0 Å². The van der Waals surface area contributed by atoms with E-state index in [-0.39, 0.29) is 17.3 Å². The molecular weight excluding hydrogens is 238 g/mol. The second-order valence-electron chi connectivity index (χ2n) is 3.28. The van der Waals surface area contributed by atoms with Crippen molar-refractivity contribution in [2.45, 2.75) is 0 Å². The normalized spacial score (nSPS) is 9.88. The fraction of sp³-hybridized carbons (Fsp3) is 0. The third-order valence-electron chi connectivity index (χ3n) is 2.20. The van der Waals surface area contributed by atoms with E-state index in [0.717, 1.165) is 0 Å². The highest BCUT2D eigenvalue weighted by Gasteiger charge is 2.14. The number of aromatic nitrogens is 2. The lowest BCUT2D eigenvalue weighted by Gasteiger charge is -2.07. The third-order valence-corrected chi connectivity index (χ3v) is 2.52. The van der Waals surface area contributed by atoms with Crippen molar-refractivity contribution in [3.8, 4) is 17.3 Å². The van der Waals surface area contributed by atoms with Crippen LogP contribution in [0.5, 0.6) is 0 Å². The maximum absolute atomic E-state index is 9.05. The lowest BCUT2D eigenvalue weighted by molar-refractivity contribution is 1.18. The van der Waals surface area contributed by atoms with Crippen LogP contribution in [-0.4, -0.2) is 9.97 Å². The van der Waals surface area contributed by atoms with E-state index in [0.29, 0.717) is 16.3 Å². The maximum atomic E-state index is 9.05. The van der Waals surface area contributed by atoms with Gasteiger partial charge < -0.3 is 11.5 Å². The van der Waals surface area contributed by atoms with E-state index in [1.807, 2.05) is 6.07 Å². The van der Waals surface area contributed by atoms with Crippen LogP contribution in [0, 0.1) is 11.3 Å². The lowest BCUT2D eigenvalue weighted by Crippen LogP contribution is -2.05. The summed E-state index contributed by atoms with van der Waals surface area (Å²) in [6.45, 7) is 0. The topological polar surface area (TPSA) is 102 Å². The van der Waals surface area contributed by atoms with Crippen molar-refractivity contribution >= 4 is 23.4 Å². The Bertz CT molecular complexity index is 618. The molecule has 84 valence electrons. The van der Waals surface area contributed by atoms with Gasteiger partial charge in [0.25, 0.3) is 0 Å². The number of anilines is 2. The van der Waals surface area contributed by atoms with Crippen molar-refractivity contribution in [1.82, 2.24) is 9.97 Å². The second kappa shape index (κ2) is 4.28. The standard InChI is InChI=1S/C11H8ClN5/c12-8-4-2-1-3-6(8)9-7(5-13)10(14)17-11(15)16-9/h1-4H,(H4,14,15,16,17). The molecule has 0 spiro atoms. The molecular formula is C11H8ClN5. The highest BCUT2D eigenvalue weighted by molar-refractivity contribution is 6.33. The zero-order valence-corrected chi connectivity index (χ0v) is 9.44. The Labute approximate surface area is 103 Å². The molecule has 0 unspecified atom stereocenters. The summed E-state index contributed by atoms with van der Waals surface area (Å²) in [7, 11) is 0. The van der Waals surface area contributed by atoms with Crippen molar-refractivity contribution in [3.05, 3.63) is 34.9 Å². The smallest absolute Gasteiger partial charge is 0.222 e. The number of nitrogen functional groups attached to an aromatic ring is 2. The average molecular weight is 246 g/mol. The van der Waals surface area contributed by atoms with E-state index in [9.17, 15) is 0 Å². The highest BCUT2D eigenvalue weighted by Crippen LogP contribution is 2.30. The predicted molar refractivity (Wildman–Crippen MR) is 66.0 cm³/mol. The van der Waals surface area contributed by atoms with Gasteiger partial charge in [-0.05, 0) is 6.07 Å². The van der Waals surface area contributed by atoms with Crippen LogP contribution in [0.2, 0.25) is 5.02 Å². The van der Waals surface area contributed by atoms with Gasteiger partial charge in [-0.2, -0.15) is 10.2 Å². The summed E-state index contributed by atoms with van der Waals surface area (Å²) in [4.78, 5) is 7.75. The molecule has 0 saturated heterocycles. The molecule has 6 heteroatoms. The largest absolute Gasteiger partial charge is 0.382 e. The van der Waals surface area contributed by atoms with Gasteiger partial charge in [-0.1, -0.05) is 29.8 Å². The van der Waals surface area contributed by atoms with Crippen molar-refractivity contribution in [1.29, 1.82) is 5.26 Å². The van der Waals surface area contributed by atoms with Gasteiger partial charge in [0, 0.05) is 5.56 Å². The zero-order valence-electron chi connectivity index (χ0n) is 8.68. The van der Waals surface area contributed by atoms with Gasteiger partial charge in [0.15, 0.2) is 0 Å². The van der Waals surface area contributed by atoms with E-state index in [4.69, 9.17) is 28.3 Å². The molecule has 1 aromatic carbocycles. The predicted octanol–water partition coefficient (Wildman–Crippen LogP) is 1.83. The first-order chi connectivity index (χ1) is 8.13. The van der Waals surface area contributed by atoms with Crippen molar-refractivity contribution in [2.75, 3.05) is 11.5 Å². The molecule has 0 bridgehead atoms. The van der Waals surface area contributed by atoms with E-state index < -0.39 is 0 Å². The second-order valence-corrected chi connectivity index (χ2v) is 3.69. The molecule has 1 heterocycles. The molecule has 17 heavy (non-hydrogen) atoms. The molecule has 4 N–H and O–H groups in total. The molecule has 0 aliphatic carbocycles. The molecule has 2 aromatic rings. The molecule has 2 rings (SSSR count). The van der Waals surface area contributed by atoms with Gasteiger partial charge in [0.2, 0.25) is 5.95 Å². The van der Waals surface area contributed by atoms with Gasteiger partial charge in [-0.25, -0.2) is 4.98 Å². The summed E-state index contributed by atoms with van der Waals surface area (Å²) >= 11 is 6.04. The van der Waals surface area contributed by atoms with Crippen LogP contribution in [-0.2, 0) is 0 Å². The van der Waals surface area contributed by atoms with E-state index in [1.54, 1.807) is 24.3 Å². The third kappa shape index (κ3) is 1.98. The first-order valence-electron chi connectivity index (χ1n) is 4.71. The Morgan fingerprint density at radius 1 is 1.18 bits per heavy atom. The zero-order chi connectivity index (χ0) is 12.4. The minimum absolute atomic E-state index is 0.0106. The molecule has 0 aliphatic heterocycles. The summed E-state index contributed by atoms with van der Waals surface area (Å²) in [5.41, 5.74) is 12.3. The molecule has 0 atom stereocenters. The number of halogens is 1. The summed E-state index contributed by atoms with van der Waals surface area (Å²) < 4.78 is 0. The molecule has 1 aromatic heterocycles. The summed E-state index contributed by atoms with van der Waals surface area (Å²) in [5, 5.41) is 9.52. The number of rotatable bonds is 1. The quantitative estimate of drug-likeness (QED) is 0.798. The first kappa shape index (κ1) is 11.2. The molecule has 5 nitrogen and oxygen atoms in total. The monoisotopic (exact) mass is 245 g/mol.